The fraction of sp³-hybridized carbons (Fsp3) is 0.500. The molecule has 0 spiro atoms. The van der Waals surface area contributed by atoms with E-state index in [1.54, 1.807) is 18.2 Å². The maximum Gasteiger partial charge on any atom is 0.243 e. The third-order valence-corrected chi connectivity index (χ3v) is 5.28. The van der Waals surface area contributed by atoms with E-state index < -0.39 is 10.0 Å². The summed E-state index contributed by atoms with van der Waals surface area (Å²) in [6, 6.07) is 6.69. The molecule has 1 aromatic rings. The normalized spacial score (nSPS) is 23.1. The number of benzene rings is 1. The molecule has 1 heterocycles. The lowest BCUT2D eigenvalue weighted by molar-refractivity contribution is 0.159. The summed E-state index contributed by atoms with van der Waals surface area (Å²) in [4.78, 5) is 2.44. The molecule has 1 aromatic carbocycles. The number of anilines is 1. The minimum Gasteiger partial charge on any atom is -0.399 e. The zero-order valence-corrected chi connectivity index (χ0v) is 11.5. The van der Waals surface area contributed by atoms with Crippen LogP contribution in [0.3, 0.4) is 0 Å². The molecule has 0 saturated carbocycles. The highest BCUT2D eigenvalue weighted by Gasteiger charge is 2.30. The first-order chi connectivity index (χ1) is 8.41. The number of hydrogen-bond acceptors (Lipinski definition) is 4. The fourth-order valence-electron chi connectivity index (χ4n) is 2.06. The standard InChI is InChI=1S/C12H19N3O2S/c1-10-9-15(7-6-14(10)2)18(16,17)12-5-3-4-11(13)8-12/h3-5,8,10H,6-7,9,13H2,1-2H3. The first kappa shape index (κ1) is 13.3. The molecule has 2 N–H and O–H groups in total. The number of sulfonamides is 1. The first-order valence-corrected chi connectivity index (χ1v) is 7.41. The van der Waals surface area contributed by atoms with Gasteiger partial charge < -0.3 is 10.6 Å². The van der Waals surface area contributed by atoms with Gasteiger partial charge in [0.1, 0.15) is 0 Å². The molecular weight excluding hydrogens is 250 g/mol. The Bertz CT molecular complexity index is 530. The number of piperazine rings is 1. The number of nitrogens with two attached hydrogens (primary N) is 1. The number of likely N-dealkylation sites (N-methyl/N-ethyl adjacent to an activating group) is 1. The maximum absolute atomic E-state index is 12.4. The predicted octanol–water partition coefficient (Wildman–Crippen LogP) is 0.593. The predicted molar refractivity (Wildman–Crippen MR) is 71.7 cm³/mol. The van der Waals surface area contributed by atoms with Crippen LogP contribution in [0.5, 0.6) is 0 Å². The third kappa shape index (κ3) is 2.50. The van der Waals surface area contributed by atoms with Crippen LogP contribution in [0.15, 0.2) is 29.2 Å². The highest BCUT2D eigenvalue weighted by molar-refractivity contribution is 7.89. The van der Waals surface area contributed by atoms with E-state index in [1.807, 2.05) is 14.0 Å². The van der Waals surface area contributed by atoms with Gasteiger partial charge in [-0.15, -0.1) is 0 Å². The third-order valence-electron chi connectivity index (χ3n) is 3.42. The van der Waals surface area contributed by atoms with E-state index in [1.165, 1.54) is 10.4 Å². The summed E-state index contributed by atoms with van der Waals surface area (Å²) in [5.74, 6) is 0. The van der Waals surface area contributed by atoms with Gasteiger partial charge >= 0.3 is 0 Å². The van der Waals surface area contributed by atoms with Gasteiger partial charge in [-0.3, -0.25) is 0 Å². The van der Waals surface area contributed by atoms with Crippen molar-refractivity contribution in [1.82, 2.24) is 9.21 Å². The number of rotatable bonds is 2. The molecule has 100 valence electrons. The van der Waals surface area contributed by atoms with E-state index in [2.05, 4.69) is 4.90 Å². The largest absolute Gasteiger partial charge is 0.399 e. The lowest BCUT2D eigenvalue weighted by Crippen LogP contribution is -2.51. The van der Waals surface area contributed by atoms with Crippen molar-refractivity contribution in [3.05, 3.63) is 24.3 Å². The van der Waals surface area contributed by atoms with Crippen molar-refractivity contribution in [2.75, 3.05) is 32.4 Å². The van der Waals surface area contributed by atoms with Gasteiger partial charge in [0.05, 0.1) is 4.90 Å². The molecule has 2 rings (SSSR count). The van der Waals surface area contributed by atoms with Gasteiger partial charge in [0.2, 0.25) is 10.0 Å². The van der Waals surface area contributed by atoms with Crippen molar-refractivity contribution in [2.24, 2.45) is 0 Å². The van der Waals surface area contributed by atoms with Crippen molar-refractivity contribution in [3.63, 3.8) is 0 Å². The van der Waals surface area contributed by atoms with Crippen LogP contribution in [0.4, 0.5) is 5.69 Å². The number of nitrogen functional groups attached to an aromatic ring is 1. The molecule has 6 heteroatoms. The van der Waals surface area contributed by atoms with Crippen LogP contribution in [0, 0.1) is 0 Å². The van der Waals surface area contributed by atoms with Gasteiger partial charge in [-0.2, -0.15) is 4.31 Å². The molecule has 1 aliphatic heterocycles. The number of hydrogen-bond donors (Lipinski definition) is 1. The van der Waals surface area contributed by atoms with Crippen LogP contribution in [0.1, 0.15) is 6.92 Å². The Morgan fingerprint density at radius 1 is 1.33 bits per heavy atom. The second-order valence-electron chi connectivity index (χ2n) is 4.77. The average molecular weight is 269 g/mol. The zero-order chi connectivity index (χ0) is 13.3. The Labute approximate surface area is 108 Å². The van der Waals surface area contributed by atoms with Crippen LogP contribution in [0.25, 0.3) is 0 Å². The summed E-state index contributed by atoms with van der Waals surface area (Å²) >= 11 is 0. The molecule has 18 heavy (non-hydrogen) atoms. The van der Waals surface area contributed by atoms with E-state index in [4.69, 9.17) is 5.73 Å². The van der Waals surface area contributed by atoms with Gasteiger partial charge in [0, 0.05) is 31.4 Å². The van der Waals surface area contributed by atoms with Gasteiger partial charge in [0.15, 0.2) is 0 Å². The molecule has 1 unspecified atom stereocenters. The second-order valence-corrected chi connectivity index (χ2v) is 6.70. The van der Waals surface area contributed by atoms with Crippen molar-refractivity contribution >= 4 is 15.7 Å². The van der Waals surface area contributed by atoms with Crippen LogP contribution in [-0.2, 0) is 10.0 Å². The average Bonchev–Trinajstić information content (AvgIpc) is 2.32. The summed E-state index contributed by atoms with van der Waals surface area (Å²) in [7, 11) is -1.41. The van der Waals surface area contributed by atoms with E-state index in [0.29, 0.717) is 18.8 Å². The zero-order valence-electron chi connectivity index (χ0n) is 10.7. The van der Waals surface area contributed by atoms with Crippen molar-refractivity contribution in [3.8, 4) is 0 Å². The molecule has 1 fully saturated rings. The Hall–Kier alpha value is -1.11. The van der Waals surface area contributed by atoms with E-state index in [9.17, 15) is 8.42 Å². The van der Waals surface area contributed by atoms with Crippen molar-refractivity contribution in [2.45, 2.75) is 17.9 Å². The van der Waals surface area contributed by atoms with Gasteiger partial charge in [-0.1, -0.05) is 6.07 Å². The molecule has 0 aromatic heterocycles. The molecule has 0 radical (unpaired) electrons. The van der Waals surface area contributed by atoms with E-state index in [0.717, 1.165) is 6.54 Å². The Morgan fingerprint density at radius 2 is 2.06 bits per heavy atom. The smallest absolute Gasteiger partial charge is 0.243 e. The summed E-state index contributed by atoms with van der Waals surface area (Å²) in [5, 5.41) is 0. The lowest BCUT2D eigenvalue weighted by atomic mass is 10.2. The number of nitrogens with zero attached hydrogens (tertiary/aromatic N) is 2. The van der Waals surface area contributed by atoms with Crippen molar-refractivity contribution < 1.29 is 8.42 Å². The molecule has 0 bridgehead atoms. The minimum atomic E-state index is -3.41. The van der Waals surface area contributed by atoms with Crippen LogP contribution in [-0.4, -0.2) is 50.3 Å². The Balaban J connectivity index is 2.27. The highest BCUT2D eigenvalue weighted by Crippen LogP contribution is 2.20. The quantitative estimate of drug-likeness (QED) is 0.798. The molecule has 1 aliphatic rings. The van der Waals surface area contributed by atoms with Gasteiger partial charge in [-0.25, -0.2) is 8.42 Å². The van der Waals surface area contributed by atoms with E-state index in [-0.39, 0.29) is 10.9 Å². The fourth-order valence-corrected chi connectivity index (χ4v) is 3.63. The molecule has 5 nitrogen and oxygen atoms in total. The maximum atomic E-state index is 12.4. The molecule has 1 atom stereocenters. The summed E-state index contributed by atoms with van der Waals surface area (Å²) in [5.41, 5.74) is 6.11. The topological polar surface area (TPSA) is 66.6 Å². The minimum absolute atomic E-state index is 0.231. The van der Waals surface area contributed by atoms with Crippen molar-refractivity contribution in [1.29, 1.82) is 0 Å². The summed E-state index contributed by atoms with van der Waals surface area (Å²) in [6.07, 6.45) is 0. The lowest BCUT2D eigenvalue weighted by Gasteiger charge is -2.36. The molecule has 0 aliphatic carbocycles. The van der Waals surface area contributed by atoms with Gasteiger partial charge in [-0.05, 0) is 32.2 Å². The van der Waals surface area contributed by atoms with Crippen LogP contribution in [0.2, 0.25) is 0 Å². The molecular formula is C12H19N3O2S. The summed E-state index contributed by atoms with van der Waals surface area (Å²) < 4.78 is 26.4. The second kappa shape index (κ2) is 4.87. The van der Waals surface area contributed by atoms with Gasteiger partial charge in [0.25, 0.3) is 0 Å². The first-order valence-electron chi connectivity index (χ1n) is 5.97. The SMILES string of the molecule is CC1CN(S(=O)(=O)c2cccc(N)c2)CCN1C. The molecule has 0 amide bonds. The monoisotopic (exact) mass is 269 g/mol. The van der Waals surface area contributed by atoms with Crippen LogP contribution >= 0.6 is 0 Å². The molecule has 1 saturated heterocycles. The summed E-state index contributed by atoms with van der Waals surface area (Å²) in [6.45, 7) is 3.83. The van der Waals surface area contributed by atoms with E-state index >= 15 is 0 Å². The Morgan fingerprint density at radius 3 is 2.67 bits per heavy atom. The van der Waals surface area contributed by atoms with Crippen LogP contribution < -0.4 is 5.73 Å². The highest BCUT2D eigenvalue weighted by atomic mass is 32.2. The Kier molecular flexibility index (Phi) is 3.61.